The van der Waals surface area contributed by atoms with Crippen LogP contribution < -0.4 is 4.74 Å². The van der Waals surface area contributed by atoms with Gasteiger partial charge in [-0.05, 0) is 44.5 Å². The molecule has 146 valence electrons. The highest BCUT2D eigenvalue weighted by molar-refractivity contribution is 6.30. The summed E-state index contributed by atoms with van der Waals surface area (Å²) in [6.45, 7) is 5.83. The van der Waals surface area contributed by atoms with Crippen LogP contribution in [0.4, 0.5) is 4.79 Å². The van der Waals surface area contributed by atoms with Crippen molar-refractivity contribution in [3.63, 3.8) is 0 Å². The molecule has 2 saturated heterocycles. The number of hydrazone groups is 1. The van der Waals surface area contributed by atoms with Gasteiger partial charge in [-0.25, -0.2) is 19.8 Å². The first-order valence-corrected chi connectivity index (χ1v) is 8.98. The number of nitrogens with zero attached hydrogens (tertiary/aromatic N) is 4. The molecule has 0 bridgehead atoms. The zero-order valence-electron chi connectivity index (χ0n) is 15.1. The van der Waals surface area contributed by atoms with Crippen LogP contribution in [0.15, 0.2) is 29.4 Å². The first kappa shape index (κ1) is 19.4. The van der Waals surface area contributed by atoms with Crippen LogP contribution in [0.25, 0.3) is 0 Å². The highest BCUT2D eigenvalue weighted by Crippen LogP contribution is 2.30. The number of halogens is 1. The molecule has 1 aromatic carbocycles. The molecule has 2 heterocycles. The number of benzene rings is 1. The minimum Gasteiger partial charge on any atom is -0.410 e. The predicted molar refractivity (Wildman–Crippen MR) is 98.3 cm³/mol. The average molecular weight is 397 g/mol. The minimum absolute atomic E-state index is 0.0105. The van der Waals surface area contributed by atoms with Crippen molar-refractivity contribution in [1.82, 2.24) is 9.80 Å². The maximum atomic E-state index is 12.5. The molecule has 0 N–H and O–H groups in total. The maximum absolute atomic E-state index is 12.5. The lowest BCUT2D eigenvalue weighted by Gasteiger charge is -2.22. The molecule has 2 aliphatic rings. The van der Waals surface area contributed by atoms with Gasteiger partial charge in [0.2, 0.25) is 0 Å². The van der Waals surface area contributed by atoms with Crippen molar-refractivity contribution >= 4 is 23.7 Å². The number of nitro groups is 1. The Kier molecular flexibility index (Phi) is 5.52. The molecule has 1 atom stereocenters. The minimum atomic E-state index is -0.800. The Hall–Kier alpha value is -2.39. The van der Waals surface area contributed by atoms with E-state index in [2.05, 4.69) is 5.10 Å². The Balaban J connectivity index is 1.70. The quantitative estimate of drug-likeness (QED) is 0.573. The molecule has 1 aromatic rings. The van der Waals surface area contributed by atoms with Crippen LogP contribution in [0.3, 0.4) is 0 Å². The zero-order chi connectivity index (χ0) is 19.6. The highest BCUT2D eigenvalue weighted by Gasteiger charge is 2.39. The Morgan fingerprint density at radius 1 is 1.41 bits per heavy atom. The standard InChI is InChI=1S/C17H21ClN4O5/c1-17(2)9-12(11-26-17)10-20-7-8-21(15(20)19-22(24)25)16(23)27-14-5-3-13(18)4-6-14/h3-6,12H,7-11H2,1-2H3. The van der Waals surface area contributed by atoms with E-state index in [0.717, 1.165) is 6.42 Å². The molecule has 1 amide bonds. The summed E-state index contributed by atoms with van der Waals surface area (Å²) in [6, 6.07) is 6.29. The third-order valence-electron chi connectivity index (χ3n) is 4.50. The highest BCUT2D eigenvalue weighted by atomic mass is 35.5. The van der Waals surface area contributed by atoms with Crippen molar-refractivity contribution in [3.05, 3.63) is 39.4 Å². The fourth-order valence-corrected chi connectivity index (χ4v) is 3.50. The Morgan fingerprint density at radius 2 is 2.11 bits per heavy atom. The van der Waals surface area contributed by atoms with Crippen molar-refractivity contribution in [2.24, 2.45) is 11.0 Å². The van der Waals surface area contributed by atoms with Crippen molar-refractivity contribution in [2.45, 2.75) is 25.9 Å². The summed E-state index contributed by atoms with van der Waals surface area (Å²) >= 11 is 5.81. The molecule has 0 aliphatic carbocycles. The number of hydrogen-bond donors (Lipinski definition) is 0. The van der Waals surface area contributed by atoms with Crippen LogP contribution in [0.1, 0.15) is 20.3 Å². The molecule has 9 nitrogen and oxygen atoms in total. The molecular formula is C17H21ClN4O5. The van der Waals surface area contributed by atoms with Gasteiger partial charge in [-0.15, -0.1) is 0 Å². The summed E-state index contributed by atoms with van der Waals surface area (Å²) in [4.78, 5) is 26.4. The van der Waals surface area contributed by atoms with E-state index < -0.39 is 11.1 Å². The number of guanidine groups is 1. The van der Waals surface area contributed by atoms with E-state index in [-0.39, 0.29) is 24.0 Å². The molecule has 0 spiro atoms. The summed E-state index contributed by atoms with van der Waals surface area (Å²) in [6.07, 6.45) is 0.119. The fourth-order valence-electron chi connectivity index (χ4n) is 3.37. The van der Waals surface area contributed by atoms with Gasteiger partial charge in [0, 0.05) is 24.0 Å². The second kappa shape index (κ2) is 7.69. The van der Waals surface area contributed by atoms with Crippen LogP contribution in [0.5, 0.6) is 5.75 Å². The van der Waals surface area contributed by atoms with E-state index in [9.17, 15) is 14.9 Å². The van der Waals surface area contributed by atoms with Crippen LogP contribution in [-0.4, -0.2) is 58.7 Å². The van der Waals surface area contributed by atoms with Crippen molar-refractivity contribution in [3.8, 4) is 5.75 Å². The number of carbonyl (C=O) groups is 1. The van der Waals surface area contributed by atoms with Crippen LogP contribution in [0.2, 0.25) is 5.02 Å². The number of carbonyl (C=O) groups excluding carboxylic acids is 1. The van der Waals surface area contributed by atoms with E-state index in [1.54, 1.807) is 29.2 Å². The molecule has 1 unspecified atom stereocenters. The molecule has 10 heteroatoms. The molecule has 0 saturated carbocycles. The average Bonchev–Trinajstić information content (AvgIpc) is 3.12. The first-order valence-electron chi connectivity index (χ1n) is 8.60. The fraction of sp³-hybridized carbons (Fsp3) is 0.529. The van der Waals surface area contributed by atoms with Gasteiger partial charge >= 0.3 is 6.09 Å². The Labute approximate surface area is 161 Å². The van der Waals surface area contributed by atoms with E-state index >= 15 is 0 Å². The van der Waals surface area contributed by atoms with Gasteiger partial charge in [0.1, 0.15) is 10.9 Å². The molecular weight excluding hydrogens is 376 g/mol. The van der Waals surface area contributed by atoms with Crippen LogP contribution in [0, 0.1) is 16.0 Å². The van der Waals surface area contributed by atoms with Crippen molar-refractivity contribution < 1.29 is 19.3 Å². The summed E-state index contributed by atoms with van der Waals surface area (Å²) in [7, 11) is 0. The topological polar surface area (TPSA) is 97.5 Å². The van der Waals surface area contributed by atoms with Crippen molar-refractivity contribution in [2.75, 3.05) is 26.2 Å². The van der Waals surface area contributed by atoms with Gasteiger partial charge in [-0.3, -0.25) is 0 Å². The zero-order valence-corrected chi connectivity index (χ0v) is 15.9. The van der Waals surface area contributed by atoms with Gasteiger partial charge < -0.3 is 14.4 Å². The number of amides is 1. The van der Waals surface area contributed by atoms with Crippen molar-refractivity contribution in [1.29, 1.82) is 0 Å². The van der Waals surface area contributed by atoms with E-state index in [0.29, 0.717) is 30.5 Å². The second-order valence-electron chi connectivity index (χ2n) is 7.20. The van der Waals surface area contributed by atoms with E-state index in [4.69, 9.17) is 21.1 Å². The van der Waals surface area contributed by atoms with Crippen LogP contribution >= 0.6 is 11.6 Å². The Morgan fingerprint density at radius 3 is 2.70 bits per heavy atom. The lowest BCUT2D eigenvalue weighted by Crippen LogP contribution is -2.41. The van der Waals surface area contributed by atoms with Gasteiger partial charge in [0.15, 0.2) is 5.03 Å². The molecule has 0 radical (unpaired) electrons. The van der Waals surface area contributed by atoms with Gasteiger partial charge in [0.05, 0.1) is 18.8 Å². The molecule has 27 heavy (non-hydrogen) atoms. The predicted octanol–water partition coefficient (Wildman–Crippen LogP) is 2.82. The number of hydrogen-bond acceptors (Lipinski definition) is 5. The summed E-state index contributed by atoms with van der Waals surface area (Å²) < 4.78 is 11.0. The number of ether oxygens (including phenoxy) is 2. The SMILES string of the molecule is CC1(C)CC(CN2CCN(C(=O)Oc3ccc(Cl)cc3)C2=N[N+](=O)[O-])CO1. The first-order chi connectivity index (χ1) is 12.7. The second-order valence-corrected chi connectivity index (χ2v) is 7.63. The lowest BCUT2D eigenvalue weighted by atomic mass is 9.97. The molecule has 2 aliphatic heterocycles. The molecule has 0 aromatic heterocycles. The third-order valence-corrected chi connectivity index (χ3v) is 4.75. The van der Waals surface area contributed by atoms with E-state index in [1.807, 2.05) is 13.8 Å². The smallest absolute Gasteiger partial charge is 0.410 e. The third kappa shape index (κ3) is 4.86. The summed E-state index contributed by atoms with van der Waals surface area (Å²) in [5, 5.41) is 14.1. The van der Waals surface area contributed by atoms with Crippen LogP contribution in [-0.2, 0) is 4.74 Å². The summed E-state index contributed by atoms with van der Waals surface area (Å²) in [5.74, 6) is 0.502. The Bertz CT molecular complexity index is 752. The molecule has 2 fully saturated rings. The molecule has 3 rings (SSSR count). The summed E-state index contributed by atoms with van der Waals surface area (Å²) in [5.41, 5.74) is -0.210. The largest absolute Gasteiger partial charge is 0.422 e. The van der Waals surface area contributed by atoms with Gasteiger partial charge in [-0.2, -0.15) is 0 Å². The van der Waals surface area contributed by atoms with Gasteiger partial charge in [-0.1, -0.05) is 11.6 Å². The van der Waals surface area contributed by atoms with E-state index in [1.165, 1.54) is 4.90 Å². The maximum Gasteiger partial charge on any atom is 0.422 e. The lowest BCUT2D eigenvalue weighted by molar-refractivity contribution is -0.486. The monoisotopic (exact) mass is 396 g/mol. The normalized spacial score (nSPS) is 23.1. The van der Waals surface area contributed by atoms with Gasteiger partial charge in [0.25, 0.3) is 5.96 Å². The number of rotatable bonds is 4.